The van der Waals surface area contributed by atoms with Crippen LogP contribution in [0.15, 0.2) is 22.6 Å². The summed E-state index contributed by atoms with van der Waals surface area (Å²) in [6.07, 6.45) is 0. The summed E-state index contributed by atoms with van der Waals surface area (Å²) >= 11 is 0. The minimum Gasteiger partial charge on any atom is -0.423 e. The number of rotatable bonds is 3. The first kappa shape index (κ1) is 9.92. The molecule has 3 N–H and O–H groups in total. The molecular weight excluding hydrogens is 197 g/mol. The number of para-hydroxylation sites is 1. The number of hydrogen-bond acceptors (Lipinski definition) is 4. The van der Waals surface area contributed by atoms with Crippen LogP contribution in [0.2, 0.25) is 0 Å². The van der Waals surface area contributed by atoms with Crippen LogP contribution < -0.4 is 11.1 Å². The lowest BCUT2D eigenvalue weighted by Gasteiger charge is -2.07. The maximum Gasteiger partial charge on any atom is 0.296 e. The van der Waals surface area contributed by atoms with Gasteiger partial charge in [-0.25, -0.2) is 4.39 Å². The number of halogens is 1. The Balaban J connectivity index is 2.35. The Morgan fingerprint density at radius 3 is 3.07 bits per heavy atom. The summed E-state index contributed by atoms with van der Waals surface area (Å²) in [5.41, 5.74) is 6.11. The van der Waals surface area contributed by atoms with E-state index in [9.17, 15) is 4.39 Å². The van der Waals surface area contributed by atoms with Gasteiger partial charge >= 0.3 is 0 Å². The van der Waals surface area contributed by atoms with E-state index >= 15 is 0 Å². The number of nitrogens with two attached hydrogens (primary N) is 1. The van der Waals surface area contributed by atoms with Gasteiger partial charge in [0, 0.05) is 12.6 Å². The van der Waals surface area contributed by atoms with Gasteiger partial charge in [-0.2, -0.15) is 4.98 Å². The summed E-state index contributed by atoms with van der Waals surface area (Å²) in [5.74, 6) is -0.385. The number of oxazole rings is 1. The fourth-order valence-corrected chi connectivity index (χ4v) is 1.25. The fourth-order valence-electron chi connectivity index (χ4n) is 1.25. The average Bonchev–Trinajstić information content (AvgIpc) is 2.62. The molecule has 1 aromatic heterocycles. The largest absolute Gasteiger partial charge is 0.423 e. The molecule has 0 fully saturated rings. The topological polar surface area (TPSA) is 64.1 Å². The molecule has 80 valence electrons. The van der Waals surface area contributed by atoms with E-state index in [1.54, 1.807) is 12.1 Å². The average molecular weight is 209 g/mol. The van der Waals surface area contributed by atoms with Crippen LogP contribution in [0, 0.1) is 5.82 Å². The molecule has 0 radical (unpaired) electrons. The number of fused-ring (bicyclic) bond motifs is 1. The van der Waals surface area contributed by atoms with E-state index in [-0.39, 0.29) is 17.4 Å². The van der Waals surface area contributed by atoms with Crippen LogP contribution in [0.4, 0.5) is 10.4 Å². The van der Waals surface area contributed by atoms with Gasteiger partial charge in [0.05, 0.1) is 0 Å². The van der Waals surface area contributed by atoms with Crippen LogP contribution in [-0.2, 0) is 0 Å². The molecule has 0 bridgehead atoms. The standard InChI is InChI=1S/C10H12FN3O/c1-6(5-12)13-10-14-9-7(11)3-2-4-8(9)15-10/h2-4,6H,5,12H2,1H3,(H,13,14). The van der Waals surface area contributed by atoms with Crippen LogP contribution in [0.25, 0.3) is 11.1 Å². The van der Waals surface area contributed by atoms with E-state index in [0.29, 0.717) is 18.1 Å². The number of benzene rings is 1. The molecule has 5 heteroatoms. The lowest BCUT2D eigenvalue weighted by atomic mass is 10.3. The first-order valence-electron chi connectivity index (χ1n) is 4.72. The van der Waals surface area contributed by atoms with Gasteiger partial charge in [0.15, 0.2) is 11.4 Å². The van der Waals surface area contributed by atoms with Gasteiger partial charge in [-0.15, -0.1) is 0 Å². The number of nitrogens with one attached hydrogen (secondary N) is 1. The maximum absolute atomic E-state index is 13.2. The molecule has 0 aliphatic heterocycles. The predicted octanol–water partition coefficient (Wildman–Crippen LogP) is 1.73. The molecular formula is C10H12FN3O. The Hall–Kier alpha value is -1.62. The first-order valence-corrected chi connectivity index (χ1v) is 4.72. The number of nitrogens with zero attached hydrogens (tertiary/aromatic N) is 1. The van der Waals surface area contributed by atoms with Gasteiger partial charge in [-0.1, -0.05) is 6.07 Å². The van der Waals surface area contributed by atoms with Gasteiger partial charge in [0.2, 0.25) is 0 Å². The van der Waals surface area contributed by atoms with Crippen LogP contribution in [-0.4, -0.2) is 17.6 Å². The second-order valence-electron chi connectivity index (χ2n) is 3.39. The highest BCUT2D eigenvalue weighted by molar-refractivity contribution is 5.74. The monoisotopic (exact) mass is 209 g/mol. The summed E-state index contributed by atoms with van der Waals surface area (Å²) in [6.45, 7) is 2.35. The van der Waals surface area contributed by atoms with Crippen LogP contribution in [0.5, 0.6) is 0 Å². The molecule has 0 saturated heterocycles. The van der Waals surface area contributed by atoms with Crippen molar-refractivity contribution < 1.29 is 8.81 Å². The van der Waals surface area contributed by atoms with Gasteiger partial charge in [0.1, 0.15) is 5.52 Å². The third-order valence-corrected chi connectivity index (χ3v) is 2.09. The molecule has 0 saturated carbocycles. The molecule has 0 aliphatic carbocycles. The van der Waals surface area contributed by atoms with Crippen molar-refractivity contribution in [3.8, 4) is 0 Å². The first-order chi connectivity index (χ1) is 7.20. The molecule has 2 rings (SSSR count). The molecule has 0 amide bonds. The molecule has 4 nitrogen and oxygen atoms in total. The Morgan fingerprint density at radius 2 is 2.40 bits per heavy atom. The van der Waals surface area contributed by atoms with E-state index in [1.807, 2.05) is 6.92 Å². The zero-order chi connectivity index (χ0) is 10.8. The number of aromatic nitrogens is 1. The Morgan fingerprint density at radius 1 is 1.60 bits per heavy atom. The summed E-state index contributed by atoms with van der Waals surface area (Å²) in [6, 6.07) is 4.94. The van der Waals surface area contributed by atoms with Crippen LogP contribution in [0.1, 0.15) is 6.92 Å². The second kappa shape index (κ2) is 3.86. The van der Waals surface area contributed by atoms with E-state index in [2.05, 4.69) is 10.3 Å². The highest BCUT2D eigenvalue weighted by Crippen LogP contribution is 2.21. The minimum absolute atomic E-state index is 0.0427. The van der Waals surface area contributed by atoms with E-state index in [1.165, 1.54) is 6.07 Å². The third kappa shape index (κ3) is 1.92. The van der Waals surface area contributed by atoms with Crippen molar-refractivity contribution in [3.05, 3.63) is 24.0 Å². The lowest BCUT2D eigenvalue weighted by Crippen LogP contribution is -2.25. The van der Waals surface area contributed by atoms with E-state index < -0.39 is 0 Å². The van der Waals surface area contributed by atoms with Gasteiger partial charge in [-0.05, 0) is 19.1 Å². The summed E-state index contributed by atoms with van der Waals surface area (Å²) in [7, 11) is 0. The van der Waals surface area contributed by atoms with Crippen molar-refractivity contribution in [2.45, 2.75) is 13.0 Å². The van der Waals surface area contributed by atoms with E-state index in [0.717, 1.165) is 0 Å². The third-order valence-electron chi connectivity index (χ3n) is 2.09. The zero-order valence-corrected chi connectivity index (χ0v) is 8.33. The van der Waals surface area contributed by atoms with E-state index in [4.69, 9.17) is 10.2 Å². The van der Waals surface area contributed by atoms with Crippen molar-refractivity contribution in [2.75, 3.05) is 11.9 Å². The molecule has 1 heterocycles. The maximum atomic E-state index is 13.2. The Bertz CT molecular complexity index is 469. The summed E-state index contributed by atoms with van der Waals surface area (Å²) in [4.78, 5) is 3.99. The Labute approximate surface area is 86.3 Å². The van der Waals surface area contributed by atoms with Crippen LogP contribution in [0.3, 0.4) is 0 Å². The lowest BCUT2D eigenvalue weighted by molar-refractivity contribution is 0.600. The molecule has 1 unspecified atom stereocenters. The second-order valence-corrected chi connectivity index (χ2v) is 3.39. The fraction of sp³-hybridized carbons (Fsp3) is 0.300. The normalized spacial score (nSPS) is 13.0. The number of anilines is 1. The van der Waals surface area contributed by atoms with Crippen LogP contribution >= 0.6 is 0 Å². The molecule has 1 aromatic carbocycles. The number of hydrogen-bond donors (Lipinski definition) is 2. The summed E-state index contributed by atoms with van der Waals surface area (Å²) < 4.78 is 18.5. The van der Waals surface area contributed by atoms with Crippen molar-refractivity contribution in [1.29, 1.82) is 0 Å². The van der Waals surface area contributed by atoms with Gasteiger partial charge < -0.3 is 15.5 Å². The van der Waals surface area contributed by atoms with Crippen molar-refractivity contribution in [1.82, 2.24) is 4.98 Å². The highest BCUT2D eigenvalue weighted by Gasteiger charge is 2.10. The summed E-state index contributed by atoms with van der Waals surface area (Å²) in [5, 5.41) is 2.94. The SMILES string of the molecule is CC(CN)Nc1nc2c(F)cccc2o1. The molecule has 2 aromatic rings. The molecule has 0 spiro atoms. The zero-order valence-electron chi connectivity index (χ0n) is 8.33. The van der Waals surface area contributed by atoms with Crippen molar-refractivity contribution >= 4 is 17.1 Å². The Kier molecular flexibility index (Phi) is 2.55. The van der Waals surface area contributed by atoms with Gasteiger partial charge in [0.25, 0.3) is 6.01 Å². The predicted molar refractivity (Wildman–Crippen MR) is 56.1 cm³/mol. The quantitative estimate of drug-likeness (QED) is 0.808. The van der Waals surface area contributed by atoms with Crippen molar-refractivity contribution in [3.63, 3.8) is 0 Å². The smallest absolute Gasteiger partial charge is 0.296 e. The highest BCUT2D eigenvalue weighted by atomic mass is 19.1. The minimum atomic E-state index is -0.385. The van der Waals surface area contributed by atoms with Crippen molar-refractivity contribution in [2.24, 2.45) is 5.73 Å². The molecule has 1 atom stereocenters. The molecule has 0 aliphatic rings. The molecule has 15 heavy (non-hydrogen) atoms. The van der Waals surface area contributed by atoms with Gasteiger partial charge in [-0.3, -0.25) is 0 Å².